The van der Waals surface area contributed by atoms with Gasteiger partial charge in [0.2, 0.25) is 23.1 Å². The molecule has 0 bridgehead atoms. The Hall–Kier alpha value is -7.91. The van der Waals surface area contributed by atoms with Crippen molar-refractivity contribution in [3.8, 4) is 0 Å². The number of ketones is 1. The normalized spacial score (nSPS) is 15.8. The second-order valence-electron chi connectivity index (χ2n) is 14.7. The maximum atomic E-state index is 13.2. The summed E-state index contributed by atoms with van der Waals surface area (Å²) in [5.74, 6) is -7.34. The number of cyclic esters (lactones) is 2. The number of aliphatic imine (C=N–C) groups is 2. The van der Waals surface area contributed by atoms with E-state index in [9.17, 15) is 59.9 Å². The predicted molar refractivity (Wildman–Crippen MR) is 236 cm³/mol. The molecule has 4 aromatic rings. The Morgan fingerprint density at radius 1 is 0.571 bits per heavy atom. The lowest BCUT2D eigenvalue weighted by atomic mass is 9.89. The average Bonchev–Trinajstić information content (AvgIpc) is 3.92. The highest BCUT2D eigenvalue weighted by Gasteiger charge is 2.55. The van der Waals surface area contributed by atoms with E-state index in [1.165, 1.54) is 0 Å². The van der Waals surface area contributed by atoms with Gasteiger partial charge in [-0.25, -0.2) is 47.5 Å². The van der Waals surface area contributed by atoms with Crippen LogP contribution in [-0.4, -0.2) is 97.6 Å². The number of ether oxygens (including phenoxy) is 5. The van der Waals surface area contributed by atoms with Gasteiger partial charge in [0.25, 0.3) is 6.43 Å². The maximum absolute atomic E-state index is 13.2. The third kappa shape index (κ3) is 18.0. The number of hydrogen-bond donors (Lipinski definition) is 2. The zero-order chi connectivity index (χ0) is 50.9. The summed E-state index contributed by atoms with van der Waals surface area (Å²) in [4.78, 5) is 87.8. The number of unbranched alkanes of at least 4 members (excludes halogenated alkanes) is 2. The number of halogens is 6. The summed E-state index contributed by atoms with van der Waals surface area (Å²) in [6.45, 7) is 1.03. The number of benzene rings is 4. The molecule has 2 atom stereocenters. The van der Waals surface area contributed by atoms with Crippen molar-refractivity contribution in [3.05, 3.63) is 144 Å². The highest BCUT2D eigenvalue weighted by Crippen LogP contribution is 2.32. The van der Waals surface area contributed by atoms with Crippen LogP contribution in [0.1, 0.15) is 60.8 Å². The molecule has 70 heavy (non-hydrogen) atoms. The van der Waals surface area contributed by atoms with Gasteiger partial charge < -0.3 is 34.3 Å². The van der Waals surface area contributed by atoms with Gasteiger partial charge >= 0.3 is 48.9 Å². The molecule has 2 N–H and O–H groups in total. The number of nitrogens with one attached hydrogen (secondary N) is 2. The first-order valence-corrected chi connectivity index (χ1v) is 21.4. The van der Waals surface area contributed by atoms with Crippen LogP contribution in [0, 0.1) is 0 Å². The average molecular weight is 985 g/mol. The van der Waals surface area contributed by atoms with Crippen molar-refractivity contribution in [1.82, 2.24) is 10.6 Å². The highest BCUT2D eigenvalue weighted by atomic mass is 19.3. The fourth-order valence-corrected chi connectivity index (χ4v) is 6.10. The summed E-state index contributed by atoms with van der Waals surface area (Å²) in [7, 11) is 0. The Bertz CT molecular complexity index is 2400. The monoisotopic (exact) mass is 984 g/mol. The van der Waals surface area contributed by atoms with Crippen LogP contribution in [0.2, 0.25) is 0 Å². The van der Waals surface area contributed by atoms with Crippen molar-refractivity contribution in [3.63, 3.8) is 0 Å². The SMILES string of the molecule is O=C(NCCCCC1(C(=O)C(F)F)N=C(c2ccccc2)OC1=O)OCc1ccccc1.O=C(NCCCCC1N=C(c2ccccc2)OC1=O)OCc1ccccc1.O=C(OC(=O)C(F)F)C(F)F. The van der Waals surface area contributed by atoms with E-state index in [4.69, 9.17) is 18.9 Å². The highest BCUT2D eigenvalue weighted by molar-refractivity contribution is 6.19. The van der Waals surface area contributed by atoms with Crippen LogP contribution < -0.4 is 10.6 Å². The number of hydrogen-bond acceptors (Lipinski definition) is 14. The van der Waals surface area contributed by atoms with Crippen LogP contribution in [-0.2, 0) is 60.9 Å². The molecule has 0 saturated carbocycles. The molecule has 2 heterocycles. The molecule has 0 spiro atoms. The quantitative estimate of drug-likeness (QED) is 0.0287. The molecule has 0 aromatic heterocycles. The molecule has 16 nitrogen and oxygen atoms in total. The van der Waals surface area contributed by atoms with E-state index in [0.717, 1.165) is 29.5 Å². The van der Waals surface area contributed by atoms with E-state index < -0.39 is 66.7 Å². The minimum Gasteiger partial charge on any atom is -0.445 e. The minimum absolute atomic E-state index is 0.113. The van der Waals surface area contributed by atoms with Crippen molar-refractivity contribution in [1.29, 1.82) is 0 Å². The standard InChI is InChI=1S/C23H22F2N2O5.C21H22N2O4.C4H2F4O3/c24-19(25)18(28)23(21(29)32-20(27-23)17-11-5-2-6-12-17)13-7-8-14-26-22(30)31-15-16-9-3-1-4-10-16;24-20-18(23-19(27-20)17-11-5-2-6-12-17)13-7-8-14-22-21(25)26-15-16-9-3-1-4-10-16;5-1(6)3(9)11-4(10)2(7)8/h1-6,9-12,19H,7-8,13-15H2,(H,26,30);1-6,9-12,18H,7-8,13-15H2,(H,22,25);1-2H. The Labute approximate surface area is 396 Å². The fourth-order valence-electron chi connectivity index (χ4n) is 6.10. The minimum atomic E-state index is -3.57. The number of nitrogens with zero attached hydrogens (tertiary/aromatic N) is 2. The van der Waals surface area contributed by atoms with Crippen LogP contribution in [0.15, 0.2) is 131 Å². The lowest BCUT2D eigenvalue weighted by Gasteiger charge is -2.19. The molecule has 0 saturated heterocycles. The number of alkyl halides is 6. The first-order chi connectivity index (χ1) is 33.6. The topological polar surface area (TPSA) is 214 Å². The summed E-state index contributed by atoms with van der Waals surface area (Å²) < 4.78 is 94.7. The third-order valence-electron chi connectivity index (χ3n) is 9.60. The summed E-state index contributed by atoms with van der Waals surface area (Å²) in [5.41, 5.74) is 0.706. The van der Waals surface area contributed by atoms with Crippen LogP contribution >= 0.6 is 0 Å². The summed E-state index contributed by atoms with van der Waals surface area (Å²) in [5, 5.41) is 5.25. The van der Waals surface area contributed by atoms with E-state index in [2.05, 4.69) is 25.4 Å². The van der Waals surface area contributed by atoms with E-state index >= 15 is 0 Å². The van der Waals surface area contributed by atoms with Crippen molar-refractivity contribution in [2.75, 3.05) is 13.1 Å². The summed E-state index contributed by atoms with van der Waals surface area (Å²) in [6.07, 6.45) is -9.25. The van der Waals surface area contributed by atoms with Gasteiger partial charge in [-0.1, -0.05) is 97.1 Å². The molecule has 0 aliphatic carbocycles. The smallest absolute Gasteiger partial charge is 0.407 e. The number of carbonyl (C=O) groups excluding carboxylic acids is 7. The maximum Gasteiger partial charge on any atom is 0.407 e. The zero-order valence-corrected chi connectivity index (χ0v) is 37.0. The number of alkyl carbamates (subject to hydrolysis) is 2. The van der Waals surface area contributed by atoms with Gasteiger partial charge in [-0.3, -0.25) is 4.79 Å². The van der Waals surface area contributed by atoms with Gasteiger partial charge in [0.05, 0.1) is 0 Å². The Balaban J connectivity index is 0.000000254. The second kappa shape index (κ2) is 28.4. The molecule has 2 unspecified atom stereocenters. The molecular weight excluding hydrogens is 939 g/mol. The van der Waals surface area contributed by atoms with Gasteiger partial charge in [0.15, 0.2) is 6.04 Å². The van der Waals surface area contributed by atoms with E-state index in [0.29, 0.717) is 30.8 Å². The predicted octanol–water partition coefficient (Wildman–Crippen LogP) is 7.70. The first kappa shape index (κ1) is 54.7. The summed E-state index contributed by atoms with van der Waals surface area (Å²) >= 11 is 0. The molecule has 2 aliphatic rings. The lowest BCUT2D eigenvalue weighted by Crippen LogP contribution is -2.46. The van der Waals surface area contributed by atoms with Crippen molar-refractivity contribution in [2.45, 2.75) is 82.6 Å². The van der Waals surface area contributed by atoms with Crippen LogP contribution in [0.4, 0.5) is 35.9 Å². The van der Waals surface area contributed by atoms with E-state index in [-0.39, 0.29) is 44.5 Å². The van der Waals surface area contributed by atoms with Crippen molar-refractivity contribution < 1.29 is 83.6 Å². The largest absolute Gasteiger partial charge is 0.445 e. The molecule has 22 heteroatoms. The zero-order valence-electron chi connectivity index (χ0n) is 37.0. The third-order valence-corrected chi connectivity index (χ3v) is 9.60. The number of amides is 2. The fraction of sp³-hybridized carbons (Fsp3) is 0.312. The summed E-state index contributed by atoms with van der Waals surface area (Å²) in [6, 6.07) is 35.8. The Morgan fingerprint density at radius 3 is 1.47 bits per heavy atom. The van der Waals surface area contributed by atoms with E-state index in [1.807, 2.05) is 91.0 Å². The second-order valence-corrected chi connectivity index (χ2v) is 14.7. The molecule has 4 aromatic carbocycles. The Kier molecular flexibility index (Phi) is 22.2. The molecule has 2 aliphatic heterocycles. The lowest BCUT2D eigenvalue weighted by molar-refractivity contribution is -0.174. The molecule has 0 fully saturated rings. The molecule has 6 rings (SSSR count). The molecule has 2 amide bonds. The van der Waals surface area contributed by atoms with Gasteiger partial charge in [0.1, 0.15) is 13.2 Å². The molecule has 372 valence electrons. The number of Topliss-reactive ketones (excluding diaryl/α,β-unsaturated/α-hetero) is 1. The van der Waals surface area contributed by atoms with Gasteiger partial charge in [-0.2, -0.15) is 17.6 Å². The first-order valence-electron chi connectivity index (χ1n) is 21.4. The number of carbonyl (C=O) groups is 7. The van der Waals surface area contributed by atoms with Crippen LogP contribution in [0.25, 0.3) is 0 Å². The van der Waals surface area contributed by atoms with Crippen LogP contribution in [0.5, 0.6) is 0 Å². The van der Waals surface area contributed by atoms with Gasteiger partial charge in [0, 0.05) is 24.2 Å². The van der Waals surface area contributed by atoms with Gasteiger partial charge in [-0.15, -0.1) is 0 Å². The van der Waals surface area contributed by atoms with Gasteiger partial charge in [-0.05, 0) is 73.9 Å². The Morgan fingerprint density at radius 2 is 1.01 bits per heavy atom. The van der Waals surface area contributed by atoms with Crippen LogP contribution in [0.3, 0.4) is 0 Å². The molecule has 0 radical (unpaired) electrons. The molecular formula is C48H46F6N4O12. The van der Waals surface area contributed by atoms with Crippen molar-refractivity contribution >= 4 is 53.6 Å². The van der Waals surface area contributed by atoms with Crippen molar-refractivity contribution in [2.24, 2.45) is 9.98 Å². The number of esters is 4. The van der Waals surface area contributed by atoms with E-state index in [1.54, 1.807) is 30.3 Å². The number of rotatable bonds is 20.